The van der Waals surface area contributed by atoms with Gasteiger partial charge in [-0.05, 0) is 38.3 Å². The predicted molar refractivity (Wildman–Crippen MR) is 73.6 cm³/mol. The van der Waals surface area contributed by atoms with Crippen LogP contribution in [0.15, 0.2) is 12.1 Å². The van der Waals surface area contributed by atoms with Crippen LogP contribution in [0, 0.1) is 12.7 Å². The first-order valence-electron chi connectivity index (χ1n) is 6.39. The Morgan fingerprint density at radius 2 is 2.11 bits per heavy atom. The van der Waals surface area contributed by atoms with Gasteiger partial charge >= 0.3 is 0 Å². The fourth-order valence-corrected chi connectivity index (χ4v) is 1.68. The molecule has 1 aromatic rings. The summed E-state index contributed by atoms with van der Waals surface area (Å²) in [5, 5.41) is 2.75. The van der Waals surface area contributed by atoms with E-state index < -0.39 is 5.82 Å². The lowest BCUT2D eigenvalue weighted by Gasteiger charge is -2.08. The van der Waals surface area contributed by atoms with Crippen molar-refractivity contribution in [2.75, 3.05) is 26.0 Å². The van der Waals surface area contributed by atoms with Gasteiger partial charge in [0.1, 0.15) is 5.82 Å². The second kappa shape index (κ2) is 7.74. The van der Waals surface area contributed by atoms with Crippen LogP contribution in [0.2, 0.25) is 0 Å². The molecule has 5 heteroatoms. The summed E-state index contributed by atoms with van der Waals surface area (Å²) < 4.78 is 18.4. The first kappa shape index (κ1) is 15.4. The minimum absolute atomic E-state index is 0.262. The molecule has 1 amide bonds. The van der Waals surface area contributed by atoms with Gasteiger partial charge in [0.15, 0.2) is 0 Å². The maximum absolute atomic E-state index is 13.5. The third-order valence-corrected chi connectivity index (χ3v) is 2.96. The van der Waals surface area contributed by atoms with Gasteiger partial charge in [-0.25, -0.2) is 4.39 Å². The van der Waals surface area contributed by atoms with Crippen LogP contribution >= 0.6 is 0 Å². The van der Waals surface area contributed by atoms with E-state index in [1.54, 1.807) is 14.0 Å². The van der Waals surface area contributed by atoms with Crippen molar-refractivity contribution >= 4 is 11.6 Å². The zero-order valence-corrected chi connectivity index (χ0v) is 11.5. The van der Waals surface area contributed by atoms with Crippen LogP contribution < -0.4 is 11.1 Å². The van der Waals surface area contributed by atoms with Crippen LogP contribution in [0.1, 0.15) is 35.2 Å². The van der Waals surface area contributed by atoms with Crippen LogP contribution in [0.25, 0.3) is 0 Å². The lowest BCUT2D eigenvalue weighted by molar-refractivity contribution is 0.0952. The quantitative estimate of drug-likeness (QED) is 0.589. The van der Waals surface area contributed by atoms with Crippen molar-refractivity contribution in [2.45, 2.75) is 26.2 Å². The van der Waals surface area contributed by atoms with Gasteiger partial charge < -0.3 is 15.8 Å². The summed E-state index contributed by atoms with van der Waals surface area (Å²) in [5.41, 5.74) is 6.56. The largest absolute Gasteiger partial charge is 0.398 e. The Balaban J connectivity index is 2.42. The maximum Gasteiger partial charge on any atom is 0.251 e. The zero-order chi connectivity index (χ0) is 14.3. The molecule has 4 nitrogen and oxygen atoms in total. The molecule has 0 unspecified atom stereocenters. The highest BCUT2D eigenvalue weighted by molar-refractivity contribution is 5.95. The van der Waals surface area contributed by atoms with Crippen LogP contribution in [0.3, 0.4) is 0 Å². The number of nitrogens with one attached hydrogen (secondary N) is 1. The molecular formula is C14H21FN2O2. The van der Waals surface area contributed by atoms with Gasteiger partial charge in [-0.1, -0.05) is 0 Å². The Bertz CT molecular complexity index is 412. The van der Waals surface area contributed by atoms with E-state index in [1.807, 2.05) is 0 Å². The maximum atomic E-state index is 13.5. The summed E-state index contributed by atoms with van der Waals surface area (Å²) in [6.45, 7) is 2.88. The highest BCUT2D eigenvalue weighted by atomic mass is 19.1. The molecule has 0 aliphatic rings. The minimum Gasteiger partial charge on any atom is -0.398 e. The monoisotopic (exact) mass is 268 g/mol. The molecule has 0 aromatic heterocycles. The molecule has 0 radical (unpaired) electrons. The van der Waals surface area contributed by atoms with Crippen LogP contribution in [0.5, 0.6) is 0 Å². The lowest BCUT2D eigenvalue weighted by Crippen LogP contribution is -2.24. The number of amides is 1. The summed E-state index contributed by atoms with van der Waals surface area (Å²) in [4.78, 5) is 11.8. The normalized spacial score (nSPS) is 10.5. The van der Waals surface area contributed by atoms with Crippen molar-refractivity contribution in [3.05, 3.63) is 29.1 Å². The molecule has 0 heterocycles. The van der Waals surface area contributed by atoms with Gasteiger partial charge in [0.2, 0.25) is 0 Å². The molecule has 0 aliphatic carbocycles. The van der Waals surface area contributed by atoms with Crippen molar-refractivity contribution in [1.82, 2.24) is 5.32 Å². The molecule has 0 saturated carbocycles. The molecule has 0 fully saturated rings. The average molecular weight is 268 g/mol. The number of rotatable bonds is 7. The topological polar surface area (TPSA) is 64.3 Å². The number of carbonyl (C=O) groups excluding carboxylic acids is 1. The molecule has 19 heavy (non-hydrogen) atoms. The molecular weight excluding hydrogens is 247 g/mol. The Hall–Kier alpha value is -1.62. The summed E-state index contributed by atoms with van der Waals surface area (Å²) in [6, 6.07) is 2.71. The number of nitrogens with two attached hydrogens (primary N) is 1. The van der Waals surface area contributed by atoms with E-state index in [1.165, 1.54) is 12.1 Å². The summed E-state index contributed by atoms with van der Waals surface area (Å²) >= 11 is 0. The third kappa shape index (κ3) is 4.87. The summed E-state index contributed by atoms with van der Waals surface area (Å²) in [6.07, 6.45) is 2.83. The van der Waals surface area contributed by atoms with Crippen molar-refractivity contribution < 1.29 is 13.9 Å². The average Bonchev–Trinajstić information content (AvgIpc) is 2.39. The van der Waals surface area contributed by atoms with Crippen molar-refractivity contribution in [1.29, 1.82) is 0 Å². The molecule has 3 N–H and O–H groups in total. The highest BCUT2D eigenvalue weighted by Gasteiger charge is 2.10. The minimum atomic E-state index is -0.453. The molecule has 0 spiro atoms. The number of ether oxygens (including phenoxy) is 1. The Labute approximate surface area is 113 Å². The number of hydrogen-bond donors (Lipinski definition) is 2. The molecule has 1 aromatic carbocycles. The fourth-order valence-electron chi connectivity index (χ4n) is 1.68. The molecule has 0 atom stereocenters. The van der Waals surface area contributed by atoms with E-state index in [2.05, 4.69) is 5.32 Å². The van der Waals surface area contributed by atoms with E-state index in [4.69, 9.17) is 10.5 Å². The predicted octanol–water partition coefficient (Wildman–Crippen LogP) is 2.26. The number of unbranched alkanes of at least 4 members (excludes halogenated alkanes) is 2. The second-order valence-electron chi connectivity index (χ2n) is 4.48. The van der Waals surface area contributed by atoms with Gasteiger partial charge in [-0.15, -0.1) is 0 Å². The van der Waals surface area contributed by atoms with Crippen molar-refractivity contribution in [3.8, 4) is 0 Å². The van der Waals surface area contributed by atoms with Crippen LogP contribution in [-0.4, -0.2) is 26.2 Å². The first-order valence-corrected chi connectivity index (χ1v) is 6.39. The number of anilines is 1. The molecule has 0 aliphatic heterocycles. The van der Waals surface area contributed by atoms with Gasteiger partial charge in [-0.2, -0.15) is 0 Å². The fraction of sp³-hybridized carbons (Fsp3) is 0.500. The van der Waals surface area contributed by atoms with Crippen molar-refractivity contribution in [2.24, 2.45) is 0 Å². The zero-order valence-electron chi connectivity index (χ0n) is 11.5. The Morgan fingerprint density at radius 1 is 1.37 bits per heavy atom. The van der Waals surface area contributed by atoms with Crippen molar-refractivity contribution in [3.63, 3.8) is 0 Å². The molecule has 0 saturated heterocycles. The first-order chi connectivity index (χ1) is 9.06. The number of hydrogen-bond acceptors (Lipinski definition) is 3. The Morgan fingerprint density at radius 3 is 2.74 bits per heavy atom. The van der Waals surface area contributed by atoms with E-state index in [9.17, 15) is 9.18 Å². The number of methoxy groups -OCH3 is 1. The lowest BCUT2D eigenvalue weighted by atomic mass is 10.1. The van der Waals surface area contributed by atoms with Gasteiger partial charge in [0.05, 0.1) is 0 Å². The summed E-state index contributed by atoms with van der Waals surface area (Å²) in [5.74, 6) is -0.748. The van der Waals surface area contributed by atoms with Gasteiger partial charge in [0.25, 0.3) is 5.91 Å². The van der Waals surface area contributed by atoms with Gasteiger partial charge in [0, 0.05) is 37.1 Å². The third-order valence-electron chi connectivity index (χ3n) is 2.96. The van der Waals surface area contributed by atoms with Crippen LogP contribution in [0.4, 0.5) is 10.1 Å². The number of halogens is 1. The second-order valence-corrected chi connectivity index (χ2v) is 4.48. The van der Waals surface area contributed by atoms with E-state index in [-0.39, 0.29) is 11.5 Å². The van der Waals surface area contributed by atoms with Gasteiger partial charge in [-0.3, -0.25) is 4.79 Å². The number of benzene rings is 1. The highest BCUT2D eigenvalue weighted by Crippen LogP contribution is 2.17. The van der Waals surface area contributed by atoms with E-state index in [0.717, 1.165) is 25.9 Å². The standard InChI is InChI=1S/C14H21FN2O2/c1-10-12(15)8-11(9-13(10)16)14(18)17-6-4-3-5-7-19-2/h8-9H,3-7,16H2,1-2H3,(H,17,18). The number of carbonyl (C=O) groups is 1. The molecule has 1 rings (SSSR count). The number of nitrogen functional groups attached to an aromatic ring is 1. The van der Waals surface area contributed by atoms with E-state index in [0.29, 0.717) is 17.8 Å². The smallest absolute Gasteiger partial charge is 0.251 e. The SMILES string of the molecule is COCCCCCNC(=O)c1cc(N)c(C)c(F)c1. The molecule has 0 bridgehead atoms. The summed E-state index contributed by atoms with van der Waals surface area (Å²) in [7, 11) is 1.66. The molecule has 106 valence electrons. The Kier molecular flexibility index (Phi) is 6.29. The van der Waals surface area contributed by atoms with E-state index >= 15 is 0 Å². The van der Waals surface area contributed by atoms with Crippen LogP contribution in [-0.2, 0) is 4.74 Å².